The van der Waals surface area contributed by atoms with E-state index in [2.05, 4.69) is 17.1 Å². The highest BCUT2D eigenvalue weighted by molar-refractivity contribution is 6.33. The van der Waals surface area contributed by atoms with Gasteiger partial charge in [-0.1, -0.05) is 25.4 Å². The number of rotatable bonds is 6. The number of amides is 1. The van der Waals surface area contributed by atoms with Gasteiger partial charge in [-0.3, -0.25) is 9.69 Å². The molecule has 0 aliphatic carbocycles. The molecule has 1 unspecified atom stereocenters. The topological polar surface area (TPSA) is 61.8 Å². The van der Waals surface area contributed by atoms with Crippen LogP contribution in [0.2, 0.25) is 5.02 Å². The molecule has 1 aliphatic heterocycles. The third kappa shape index (κ3) is 4.26. The van der Waals surface area contributed by atoms with Crippen molar-refractivity contribution in [2.75, 3.05) is 26.7 Å². The summed E-state index contributed by atoms with van der Waals surface area (Å²) >= 11 is 6.18. The molecular formula is C17H26Cl2N2O3. The molecule has 0 spiro atoms. The first-order chi connectivity index (χ1) is 11.0. The molecule has 1 atom stereocenters. The van der Waals surface area contributed by atoms with Crippen LogP contribution in [0.1, 0.15) is 42.6 Å². The molecule has 0 aromatic heterocycles. The van der Waals surface area contributed by atoms with Crippen LogP contribution in [0.4, 0.5) is 0 Å². The summed E-state index contributed by atoms with van der Waals surface area (Å²) in [6.45, 7) is 6.63. The van der Waals surface area contributed by atoms with Gasteiger partial charge in [0.05, 0.1) is 12.1 Å². The highest BCUT2D eigenvalue weighted by Crippen LogP contribution is 2.38. The lowest BCUT2D eigenvalue weighted by Crippen LogP contribution is -2.40. The third-order valence-corrected chi connectivity index (χ3v) is 4.78. The second-order valence-electron chi connectivity index (χ2n) is 5.76. The number of nitrogens with one attached hydrogen (secondary N) is 1. The summed E-state index contributed by atoms with van der Waals surface area (Å²) in [7, 11) is 1.44. The molecule has 1 aromatic rings. The molecule has 7 heteroatoms. The van der Waals surface area contributed by atoms with Crippen LogP contribution in [-0.4, -0.2) is 48.7 Å². The first-order valence-corrected chi connectivity index (χ1v) is 8.51. The Hall–Kier alpha value is -1.17. The quantitative estimate of drug-likeness (QED) is 0.799. The van der Waals surface area contributed by atoms with Gasteiger partial charge >= 0.3 is 0 Å². The Morgan fingerprint density at radius 3 is 2.79 bits per heavy atom. The third-order valence-electron chi connectivity index (χ3n) is 4.50. The zero-order valence-electron chi connectivity index (χ0n) is 14.4. The lowest BCUT2D eigenvalue weighted by Gasteiger charge is -2.23. The van der Waals surface area contributed by atoms with Gasteiger partial charge in [-0.05, 0) is 44.0 Å². The van der Waals surface area contributed by atoms with Gasteiger partial charge in [-0.25, -0.2) is 0 Å². The minimum Gasteiger partial charge on any atom is -0.507 e. The molecule has 0 bridgehead atoms. The zero-order valence-corrected chi connectivity index (χ0v) is 16.0. The van der Waals surface area contributed by atoms with Crippen molar-refractivity contribution in [3.05, 3.63) is 22.2 Å². The van der Waals surface area contributed by atoms with Gasteiger partial charge in [0.25, 0.3) is 5.91 Å². The number of nitrogens with zero attached hydrogens (tertiary/aromatic N) is 1. The lowest BCUT2D eigenvalue weighted by atomic mass is 10.0. The molecule has 1 saturated heterocycles. The number of carbonyl (C=O) groups excluding carboxylic acids is 1. The van der Waals surface area contributed by atoms with Crippen molar-refractivity contribution in [1.82, 2.24) is 10.2 Å². The van der Waals surface area contributed by atoms with Gasteiger partial charge in [0, 0.05) is 12.6 Å². The number of hydrogen-bond donors (Lipinski definition) is 2. The molecule has 1 aromatic carbocycles. The monoisotopic (exact) mass is 376 g/mol. The average Bonchev–Trinajstić information content (AvgIpc) is 3.01. The second kappa shape index (κ2) is 9.35. The smallest absolute Gasteiger partial charge is 0.258 e. The standard InChI is InChI=1S/C17H25ClN2O3.ClH/c1-4-11-9-13(18)16(23-3)14(15(11)21)17(22)19-10-12-7-6-8-20(12)5-2;/h9,12,21H,4-8,10H2,1-3H3,(H,19,22);1H. The van der Waals surface area contributed by atoms with Gasteiger partial charge in [0.15, 0.2) is 5.75 Å². The van der Waals surface area contributed by atoms with Gasteiger partial charge in [0.1, 0.15) is 11.3 Å². The van der Waals surface area contributed by atoms with E-state index in [0.29, 0.717) is 29.6 Å². The number of methoxy groups -OCH3 is 1. The highest BCUT2D eigenvalue weighted by Gasteiger charge is 2.26. The Morgan fingerprint density at radius 1 is 1.50 bits per heavy atom. The summed E-state index contributed by atoms with van der Waals surface area (Å²) in [5.74, 6) is -0.179. The maximum absolute atomic E-state index is 12.6. The predicted molar refractivity (Wildman–Crippen MR) is 98.9 cm³/mol. The van der Waals surface area contributed by atoms with Gasteiger partial charge in [-0.2, -0.15) is 0 Å². The van der Waals surface area contributed by atoms with Crippen LogP contribution < -0.4 is 10.1 Å². The van der Waals surface area contributed by atoms with E-state index in [9.17, 15) is 9.90 Å². The minimum atomic E-state index is -0.348. The van der Waals surface area contributed by atoms with Crippen molar-refractivity contribution >= 4 is 29.9 Å². The van der Waals surface area contributed by atoms with Crippen molar-refractivity contribution in [2.24, 2.45) is 0 Å². The normalized spacial score (nSPS) is 17.4. The Morgan fingerprint density at radius 2 is 2.21 bits per heavy atom. The second-order valence-corrected chi connectivity index (χ2v) is 6.17. The number of ether oxygens (including phenoxy) is 1. The number of phenolic OH excluding ortho intramolecular Hbond substituents is 1. The van der Waals surface area contributed by atoms with Crippen LogP contribution in [0.25, 0.3) is 0 Å². The van der Waals surface area contributed by atoms with Crippen molar-refractivity contribution in [2.45, 2.75) is 39.2 Å². The lowest BCUT2D eigenvalue weighted by molar-refractivity contribution is 0.0935. The van der Waals surface area contributed by atoms with Crippen LogP contribution in [0.15, 0.2) is 6.07 Å². The molecule has 1 heterocycles. The van der Waals surface area contributed by atoms with E-state index in [-0.39, 0.29) is 35.4 Å². The first kappa shape index (κ1) is 20.9. The van der Waals surface area contributed by atoms with Crippen LogP contribution in [-0.2, 0) is 6.42 Å². The van der Waals surface area contributed by atoms with E-state index in [4.69, 9.17) is 16.3 Å². The number of phenols is 1. The first-order valence-electron chi connectivity index (χ1n) is 8.13. The van der Waals surface area contributed by atoms with E-state index >= 15 is 0 Å². The van der Waals surface area contributed by atoms with E-state index in [1.54, 1.807) is 6.07 Å². The molecule has 0 radical (unpaired) electrons. The number of aromatic hydroxyl groups is 1. The van der Waals surface area contributed by atoms with E-state index in [1.165, 1.54) is 7.11 Å². The highest BCUT2D eigenvalue weighted by atomic mass is 35.5. The Kier molecular flexibility index (Phi) is 8.13. The Labute approximate surface area is 154 Å². The van der Waals surface area contributed by atoms with Gasteiger partial charge in [0.2, 0.25) is 0 Å². The molecule has 2 N–H and O–H groups in total. The van der Waals surface area contributed by atoms with Crippen LogP contribution in [0.5, 0.6) is 11.5 Å². The van der Waals surface area contributed by atoms with Crippen molar-refractivity contribution in [1.29, 1.82) is 0 Å². The number of likely N-dealkylation sites (tertiary alicyclic amines) is 1. The predicted octanol–water partition coefficient (Wildman–Crippen LogP) is 3.25. The van der Waals surface area contributed by atoms with Crippen LogP contribution >= 0.6 is 24.0 Å². The number of benzene rings is 1. The summed E-state index contributed by atoms with van der Waals surface area (Å²) in [5, 5.41) is 13.6. The zero-order chi connectivity index (χ0) is 17.0. The molecule has 136 valence electrons. The molecule has 5 nitrogen and oxygen atoms in total. The summed E-state index contributed by atoms with van der Waals surface area (Å²) in [4.78, 5) is 14.9. The summed E-state index contributed by atoms with van der Waals surface area (Å²) in [6, 6.07) is 1.99. The summed E-state index contributed by atoms with van der Waals surface area (Å²) in [6.07, 6.45) is 2.81. The maximum atomic E-state index is 12.6. The largest absolute Gasteiger partial charge is 0.507 e. The van der Waals surface area contributed by atoms with Crippen LogP contribution in [0, 0.1) is 0 Å². The van der Waals surface area contributed by atoms with Gasteiger partial charge < -0.3 is 15.2 Å². The van der Waals surface area contributed by atoms with Crippen LogP contribution in [0.3, 0.4) is 0 Å². The van der Waals surface area contributed by atoms with Crippen molar-refractivity contribution < 1.29 is 14.6 Å². The minimum absolute atomic E-state index is 0. The van der Waals surface area contributed by atoms with E-state index < -0.39 is 0 Å². The Balaban J connectivity index is 0.00000288. The molecule has 2 rings (SSSR count). The van der Waals surface area contributed by atoms with E-state index in [1.807, 2.05) is 6.92 Å². The fourth-order valence-corrected chi connectivity index (χ4v) is 3.50. The number of halogens is 2. The van der Waals surface area contributed by atoms with Gasteiger partial charge in [-0.15, -0.1) is 12.4 Å². The fourth-order valence-electron chi connectivity index (χ4n) is 3.20. The number of aryl methyl sites for hydroxylation is 1. The Bertz CT molecular complexity index is 581. The summed E-state index contributed by atoms with van der Waals surface area (Å²) in [5.41, 5.74) is 0.759. The molecule has 1 aliphatic rings. The number of likely N-dealkylation sites (N-methyl/N-ethyl adjacent to an activating group) is 1. The summed E-state index contributed by atoms with van der Waals surface area (Å²) < 4.78 is 5.23. The maximum Gasteiger partial charge on any atom is 0.258 e. The van der Waals surface area contributed by atoms with E-state index in [0.717, 1.165) is 25.9 Å². The molecule has 1 amide bonds. The molecular weight excluding hydrogens is 351 g/mol. The molecule has 24 heavy (non-hydrogen) atoms. The fraction of sp³-hybridized carbons (Fsp3) is 0.588. The number of hydrogen-bond acceptors (Lipinski definition) is 4. The molecule has 0 saturated carbocycles. The SMILES string of the molecule is CCc1cc(Cl)c(OC)c(C(=O)NCC2CCCN2CC)c1O.Cl. The average molecular weight is 377 g/mol. The number of carbonyl (C=O) groups is 1. The van der Waals surface area contributed by atoms with Crippen molar-refractivity contribution in [3.8, 4) is 11.5 Å². The molecule has 1 fully saturated rings. The van der Waals surface area contributed by atoms with Crippen molar-refractivity contribution in [3.63, 3.8) is 0 Å².